The minimum Gasteiger partial charge on any atom is -0.494 e. The van der Waals surface area contributed by atoms with Gasteiger partial charge in [0.05, 0.1) is 19.4 Å². The molecule has 3 N–H and O–H groups in total. The van der Waals surface area contributed by atoms with Gasteiger partial charge < -0.3 is 24.9 Å². The van der Waals surface area contributed by atoms with Crippen LogP contribution in [-0.4, -0.2) is 24.3 Å². The molecule has 1 aromatic heterocycles. The number of benzene rings is 1. The van der Waals surface area contributed by atoms with Crippen LogP contribution in [-0.2, 0) is 5.60 Å². The van der Waals surface area contributed by atoms with E-state index in [0.717, 1.165) is 31.4 Å². The Morgan fingerprint density at radius 1 is 1.31 bits per heavy atom. The maximum absolute atomic E-state index is 12.2. The highest BCUT2D eigenvalue weighted by Gasteiger charge is 2.47. The number of anilines is 1. The van der Waals surface area contributed by atoms with Gasteiger partial charge in [0.15, 0.2) is 0 Å². The number of hydrogen-bond acceptors (Lipinski definition) is 4. The summed E-state index contributed by atoms with van der Waals surface area (Å²) >= 11 is 0. The Kier molecular flexibility index (Phi) is 5.83. The van der Waals surface area contributed by atoms with Crippen LogP contribution in [0.4, 0.5) is 10.5 Å². The highest BCUT2D eigenvalue weighted by molar-refractivity contribution is 5.89. The van der Waals surface area contributed by atoms with Crippen molar-refractivity contribution in [3.63, 3.8) is 0 Å². The summed E-state index contributed by atoms with van der Waals surface area (Å²) in [6.45, 7) is 2.91. The second-order valence-electron chi connectivity index (χ2n) is 6.71. The van der Waals surface area contributed by atoms with Crippen molar-refractivity contribution in [3.05, 3.63) is 48.4 Å². The summed E-state index contributed by atoms with van der Waals surface area (Å²) in [5, 5.41) is 16.4. The Morgan fingerprint density at radius 2 is 2.08 bits per heavy atom. The lowest BCUT2D eigenvalue weighted by Gasteiger charge is -2.26. The lowest BCUT2D eigenvalue weighted by molar-refractivity contribution is -0.00414. The molecule has 1 heterocycles. The van der Waals surface area contributed by atoms with Gasteiger partial charge in [0.1, 0.15) is 17.1 Å². The third kappa shape index (κ3) is 4.58. The number of furan rings is 1. The minimum atomic E-state index is -1.15. The van der Waals surface area contributed by atoms with Gasteiger partial charge in [0, 0.05) is 5.69 Å². The Labute approximate surface area is 153 Å². The molecule has 1 atom stereocenters. The summed E-state index contributed by atoms with van der Waals surface area (Å²) in [4.78, 5) is 12.2. The maximum Gasteiger partial charge on any atom is 0.319 e. The van der Waals surface area contributed by atoms with Crippen LogP contribution < -0.4 is 15.4 Å². The molecule has 1 saturated carbocycles. The molecule has 26 heavy (non-hydrogen) atoms. The SMILES string of the molecule is CCCCOc1ccc(NC(=O)NCC(O)(c2ccco2)C2CC2)cc1. The Hall–Kier alpha value is -2.47. The van der Waals surface area contributed by atoms with Crippen LogP contribution >= 0.6 is 0 Å². The van der Waals surface area contributed by atoms with Gasteiger partial charge >= 0.3 is 6.03 Å². The Balaban J connectivity index is 1.50. The molecule has 3 rings (SSSR count). The number of amides is 2. The van der Waals surface area contributed by atoms with Crippen molar-refractivity contribution in [3.8, 4) is 5.75 Å². The van der Waals surface area contributed by atoms with Crippen molar-refractivity contribution in [2.24, 2.45) is 5.92 Å². The normalized spacial score (nSPS) is 15.9. The smallest absolute Gasteiger partial charge is 0.319 e. The molecule has 0 radical (unpaired) electrons. The molecular formula is C20H26N2O4. The van der Waals surface area contributed by atoms with Gasteiger partial charge in [-0.05, 0) is 61.6 Å². The minimum absolute atomic E-state index is 0.106. The van der Waals surface area contributed by atoms with Gasteiger partial charge in [0.2, 0.25) is 0 Å². The van der Waals surface area contributed by atoms with Gasteiger partial charge in [-0.15, -0.1) is 0 Å². The summed E-state index contributed by atoms with van der Waals surface area (Å²) in [5.41, 5.74) is -0.490. The number of unbranched alkanes of at least 4 members (excludes halogenated alkanes) is 1. The van der Waals surface area contributed by atoms with E-state index in [0.29, 0.717) is 18.1 Å². The van der Waals surface area contributed by atoms with E-state index in [1.807, 2.05) is 12.1 Å². The molecule has 0 saturated heterocycles. The zero-order valence-corrected chi connectivity index (χ0v) is 15.0. The second kappa shape index (κ2) is 8.27. The molecule has 1 aliphatic rings. The first-order valence-electron chi connectivity index (χ1n) is 9.16. The largest absolute Gasteiger partial charge is 0.494 e. The van der Waals surface area contributed by atoms with Crippen LogP contribution in [0.25, 0.3) is 0 Å². The van der Waals surface area contributed by atoms with Crippen LogP contribution in [0, 0.1) is 5.92 Å². The average molecular weight is 358 g/mol. The number of carbonyl (C=O) groups is 1. The number of urea groups is 1. The molecule has 0 spiro atoms. The van der Waals surface area contributed by atoms with E-state index in [9.17, 15) is 9.90 Å². The summed E-state index contributed by atoms with van der Waals surface area (Å²) < 4.78 is 11.0. The highest BCUT2D eigenvalue weighted by atomic mass is 16.5. The Bertz CT molecular complexity index is 695. The van der Waals surface area contributed by atoms with Crippen molar-refractivity contribution >= 4 is 11.7 Å². The number of ether oxygens (including phenoxy) is 1. The maximum atomic E-state index is 12.2. The molecule has 1 fully saturated rings. The van der Waals surface area contributed by atoms with Crippen molar-refractivity contribution < 1.29 is 19.1 Å². The van der Waals surface area contributed by atoms with Crippen LogP contribution in [0.15, 0.2) is 47.1 Å². The molecule has 0 bridgehead atoms. The van der Waals surface area contributed by atoms with Gasteiger partial charge in [-0.2, -0.15) is 0 Å². The molecule has 6 heteroatoms. The third-order valence-corrected chi connectivity index (χ3v) is 4.60. The molecule has 1 aliphatic carbocycles. The van der Waals surface area contributed by atoms with E-state index in [4.69, 9.17) is 9.15 Å². The van der Waals surface area contributed by atoms with E-state index in [2.05, 4.69) is 17.6 Å². The van der Waals surface area contributed by atoms with Crippen LogP contribution in [0.5, 0.6) is 5.75 Å². The predicted molar refractivity (Wildman–Crippen MR) is 99.2 cm³/mol. The van der Waals surface area contributed by atoms with Crippen molar-refractivity contribution in [2.45, 2.75) is 38.2 Å². The fourth-order valence-electron chi connectivity index (χ4n) is 2.88. The number of nitrogens with one attached hydrogen (secondary N) is 2. The zero-order chi connectivity index (χ0) is 18.4. The van der Waals surface area contributed by atoms with E-state index in [1.54, 1.807) is 24.3 Å². The van der Waals surface area contributed by atoms with Crippen molar-refractivity contribution in [1.29, 1.82) is 0 Å². The van der Waals surface area contributed by atoms with E-state index in [1.165, 1.54) is 6.26 Å². The van der Waals surface area contributed by atoms with E-state index < -0.39 is 5.60 Å². The first-order valence-corrected chi connectivity index (χ1v) is 9.16. The fraction of sp³-hybridized carbons (Fsp3) is 0.450. The molecule has 140 valence electrons. The summed E-state index contributed by atoms with van der Waals surface area (Å²) in [6, 6.07) is 10.4. The molecule has 1 aromatic carbocycles. The Morgan fingerprint density at radius 3 is 2.69 bits per heavy atom. The highest BCUT2D eigenvalue weighted by Crippen LogP contribution is 2.45. The monoisotopic (exact) mass is 358 g/mol. The quantitative estimate of drug-likeness (QED) is 0.594. The standard InChI is InChI=1S/C20H26N2O4/c1-2-3-12-25-17-10-8-16(9-11-17)22-19(23)21-14-20(24,15-6-7-15)18-5-4-13-26-18/h4-5,8-11,13,15,24H,2-3,6-7,12,14H2,1H3,(H2,21,22,23). The van der Waals surface area contributed by atoms with Crippen LogP contribution in [0.2, 0.25) is 0 Å². The molecule has 0 aliphatic heterocycles. The predicted octanol–water partition coefficient (Wildman–Crippen LogP) is 3.88. The first kappa shape index (κ1) is 18.3. The average Bonchev–Trinajstić information content (AvgIpc) is 3.36. The van der Waals surface area contributed by atoms with Gasteiger partial charge in [-0.25, -0.2) is 4.79 Å². The topological polar surface area (TPSA) is 83.7 Å². The molecular weight excluding hydrogens is 332 g/mol. The van der Waals surface area contributed by atoms with E-state index in [-0.39, 0.29) is 18.5 Å². The first-order chi connectivity index (χ1) is 12.6. The van der Waals surface area contributed by atoms with Gasteiger partial charge in [-0.3, -0.25) is 0 Å². The summed E-state index contributed by atoms with van der Waals surface area (Å²) in [7, 11) is 0. The van der Waals surface area contributed by atoms with Gasteiger partial charge in [-0.1, -0.05) is 13.3 Å². The number of hydrogen-bond donors (Lipinski definition) is 3. The molecule has 1 unspecified atom stereocenters. The van der Waals surface area contributed by atoms with E-state index >= 15 is 0 Å². The lowest BCUT2D eigenvalue weighted by Crippen LogP contribution is -2.43. The van der Waals surface area contributed by atoms with Crippen molar-refractivity contribution in [2.75, 3.05) is 18.5 Å². The molecule has 6 nitrogen and oxygen atoms in total. The van der Waals surface area contributed by atoms with Crippen LogP contribution in [0.1, 0.15) is 38.4 Å². The summed E-state index contributed by atoms with van der Waals surface area (Å²) in [6.07, 6.45) is 5.50. The number of rotatable bonds is 9. The number of carbonyl (C=O) groups excluding carboxylic acids is 1. The van der Waals surface area contributed by atoms with Crippen molar-refractivity contribution in [1.82, 2.24) is 5.32 Å². The third-order valence-electron chi connectivity index (χ3n) is 4.60. The fourth-order valence-corrected chi connectivity index (χ4v) is 2.88. The van der Waals surface area contributed by atoms with Gasteiger partial charge in [0.25, 0.3) is 0 Å². The van der Waals surface area contributed by atoms with Crippen LogP contribution in [0.3, 0.4) is 0 Å². The lowest BCUT2D eigenvalue weighted by atomic mass is 9.94. The second-order valence-corrected chi connectivity index (χ2v) is 6.71. The zero-order valence-electron chi connectivity index (χ0n) is 15.0. The summed E-state index contributed by atoms with van der Waals surface area (Å²) in [5.74, 6) is 1.40. The molecule has 2 aromatic rings. The molecule has 2 amide bonds. The number of aliphatic hydroxyl groups is 1.